The minimum Gasteiger partial charge on any atom is -0.273 e. The van der Waals surface area contributed by atoms with E-state index >= 15 is 0 Å². The number of sulfonamides is 1. The van der Waals surface area contributed by atoms with Crippen molar-refractivity contribution in [3.05, 3.63) is 34.4 Å². The van der Waals surface area contributed by atoms with Gasteiger partial charge in [-0.3, -0.25) is 14.9 Å². The summed E-state index contributed by atoms with van der Waals surface area (Å²) in [4.78, 5) is 22.2. The molecule has 0 fully saturated rings. The molecule has 1 amide bonds. The van der Waals surface area contributed by atoms with Crippen LogP contribution in [0.5, 0.6) is 0 Å². The molecule has 0 saturated heterocycles. The standard InChI is InChI=1S/C12H16N2O5S/c1-12(2,3)11(15)13(20(4,18)19)9-5-7-10(8-6-9)14(16)17/h5-8H,1-4H3. The van der Waals surface area contributed by atoms with Crippen molar-refractivity contribution in [3.8, 4) is 0 Å². The summed E-state index contributed by atoms with van der Waals surface area (Å²) in [6, 6.07) is 4.79. The van der Waals surface area contributed by atoms with Crippen molar-refractivity contribution in [1.82, 2.24) is 0 Å². The molecule has 1 aromatic carbocycles. The molecule has 0 bridgehead atoms. The molecule has 7 nitrogen and oxygen atoms in total. The molecule has 0 aliphatic rings. The Morgan fingerprint density at radius 2 is 1.65 bits per heavy atom. The summed E-state index contributed by atoms with van der Waals surface area (Å²) >= 11 is 0. The summed E-state index contributed by atoms with van der Waals surface area (Å²) in [6.07, 6.45) is 0.915. The molecular weight excluding hydrogens is 284 g/mol. The Labute approximate surface area is 117 Å². The maximum Gasteiger partial charge on any atom is 0.269 e. The Bertz CT molecular complexity index is 629. The van der Waals surface area contributed by atoms with Crippen LogP contribution in [0.25, 0.3) is 0 Å². The fourth-order valence-corrected chi connectivity index (χ4v) is 2.55. The van der Waals surface area contributed by atoms with Crippen LogP contribution in [0.2, 0.25) is 0 Å². The molecule has 0 N–H and O–H groups in total. The zero-order valence-corrected chi connectivity index (χ0v) is 12.5. The van der Waals surface area contributed by atoms with Crippen LogP contribution < -0.4 is 4.31 Å². The molecule has 0 aliphatic carbocycles. The number of hydrogen-bond acceptors (Lipinski definition) is 5. The summed E-state index contributed by atoms with van der Waals surface area (Å²) in [5.41, 5.74) is -0.992. The summed E-state index contributed by atoms with van der Waals surface area (Å²) in [5, 5.41) is 10.6. The topological polar surface area (TPSA) is 97.6 Å². The van der Waals surface area contributed by atoms with E-state index in [0.717, 1.165) is 18.4 Å². The van der Waals surface area contributed by atoms with E-state index in [2.05, 4.69) is 0 Å². The fourth-order valence-electron chi connectivity index (χ4n) is 1.47. The average molecular weight is 300 g/mol. The first-order valence-corrected chi connectivity index (χ1v) is 7.58. The van der Waals surface area contributed by atoms with Gasteiger partial charge in [0.1, 0.15) is 0 Å². The second-order valence-electron chi connectivity index (χ2n) is 5.36. The van der Waals surface area contributed by atoms with Crippen molar-refractivity contribution in [1.29, 1.82) is 0 Å². The smallest absolute Gasteiger partial charge is 0.269 e. The van der Waals surface area contributed by atoms with Crippen molar-refractivity contribution >= 4 is 27.3 Å². The number of rotatable bonds is 3. The van der Waals surface area contributed by atoms with Crippen LogP contribution in [0.4, 0.5) is 11.4 Å². The number of anilines is 1. The van der Waals surface area contributed by atoms with Gasteiger partial charge in [0.05, 0.1) is 16.9 Å². The summed E-state index contributed by atoms with van der Waals surface area (Å²) < 4.78 is 24.3. The van der Waals surface area contributed by atoms with E-state index in [0.29, 0.717) is 4.31 Å². The molecule has 1 aromatic rings. The van der Waals surface area contributed by atoms with Crippen LogP contribution in [-0.2, 0) is 14.8 Å². The molecule has 0 spiro atoms. The van der Waals surface area contributed by atoms with Crippen molar-refractivity contribution < 1.29 is 18.1 Å². The van der Waals surface area contributed by atoms with Crippen LogP contribution >= 0.6 is 0 Å². The normalized spacial score (nSPS) is 12.0. The van der Waals surface area contributed by atoms with Gasteiger partial charge in [0.2, 0.25) is 15.9 Å². The third-order valence-electron chi connectivity index (χ3n) is 2.45. The van der Waals surface area contributed by atoms with E-state index in [1.54, 1.807) is 20.8 Å². The Hall–Kier alpha value is -1.96. The summed E-state index contributed by atoms with van der Waals surface area (Å²) in [5.74, 6) is -0.603. The molecule has 0 radical (unpaired) electrons. The second-order valence-corrected chi connectivity index (χ2v) is 7.19. The molecule has 0 unspecified atom stereocenters. The highest BCUT2D eigenvalue weighted by Gasteiger charge is 2.34. The van der Waals surface area contributed by atoms with Gasteiger partial charge in [0.25, 0.3) is 5.69 Å². The third-order valence-corrected chi connectivity index (χ3v) is 3.49. The quantitative estimate of drug-likeness (QED) is 0.627. The lowest BCUT2D eigenvalue weighted by atomic mass is 9.95. The van der Waals surface area contributed by atoms with Gasteiger partial charge in [-0.1, -0.05) is 20.8 Å². The van der Waals surface area contributed by atoms with E-state index < -0.39 is 26.3 Å². The molecule has 0 saturated carbocycles. The largest absolute Gasteiger partial charge is 0.273 e. The molecule has 110 valence electrons. The maximum absolute atomic E-state index is 12.2. The van der Waals surface area contributed by atoms with Crippen molar-refractivity contribution in [3.63, 3.8) is 0 Å². The number of carbonyl (C=O) groups is 1. The van der Waals surface area contributed by atoms with Crippen LogP contribution in [0.1, 0.15) is 20.8 Å². The fraction of sp³-hybridized carbons (Fsp3) is 0.417. The van der Waals surface area contributed by atoms with Crippen LogP contribution in [0.3, 0.4) is 0 Å². The predicted octanol–water partition coefficient (Wildman–Crippen LogP) is 1.93. The SMILES string of the molecule is CC(C)(C)C(=O)N(c1ccc([N+](=O)[O-])cc1)S(C)(=O)=O. The van der Waals surface area contributed by atoms with Crippen molar-refractivity contribution in [2.24, 2.45) is 5.41 Å². The van der Waals surface area contributed by atoms with Gasteiger partial charge in [0.15, 0.2) is 0 Å². The number of amides is 1. The molecule has 20 heavy (non-hydrogen) atoms. The molecule has 0 atom stereocenters. The zero-order chi connectivity index (χ0) is 15.7. The number of carbonyl (C=O) groups excluding carboxylic acids is 1. The lowest BCUT2D eigenvalue weighted by Crippen LogP contribution is -2.43. The highest BCUT2D eigenvalue weighted by molar-refractivity contribution is 7.92. The van der Waals surface area contributed by atoms with Gasteiger partial charge >= 0.3 is 0 Å². The van der Waals surface area contributed by atoms with Crippen molar-refractivity contribution in [2.45, 2.75) is 20.8 Å². The van der Waals surface area contributed by atoms with Gasteiger partial charge in [-0.15, -0.1) is 0 Å². The van der Waals surface area contributed by atoms with Crippen LogP contribution in [0, 0.1) is 15.5 Å². The minimum absolute atomic E-state index is 0.0815. The van der Waals surface area contributed by atoms with Gasteiger partial charge in [-0.2, -0.15) is 0 Å². The number of hydrogen-bond donors (Lipinski definition) is 0. The lowest BCUT2D eigenvalue weighted by molar-refractivity contribution is -0.384. The maximum atomic E-state index is 12.2. The minimum atomic E-state index is -3.82. The van der Waals surface area contributed by atoms with E-state index in [4.69, 9.17) is 0 Å². The molecule has 8 heteroatoms. The second kappa shape index (κ2) is 5.20. The van der Waals surface area contributed by atoms with Gasteiger partial charge in [-0.25, -0.2) is 12.7 Å². The van der Waals surface area contributed by atoms with E-state index in [1.807, 2.05) is 0 Å². The number of benzene rings is 1. The van der Waals surface area contributed by atoms with Crippen LogP contribution in [-0.4, -0.2) is 25.5 Å². The Morgan fingerprint density at radius 3 is 1.95 bits per heavy atom. The number of non-ortho nitro benzene ring substituents is 1. The first-order valence-electron chi connectivity index (χ1n) is 5.74. The monoisotopic (exact) mass is 300 g/mol. The van der Waals surface area contributed by atoms with E-state index in [-0.39, 0.29) is 11.4 Å². The summed E-state index contributed by atoms with van der Waals surface area (Å²) in [7, 11) is -3.82. The van der Waals surface area contributed by atoms with Gasteiger partial charge in [0, 0.05) is 17.5 Å². The van der Waals surface area contributed by atoms with E-state index in [9.17, 15) is 23.3 Å². The Balaban J connectivity index is 3.33. The molecule has 0 heterocycles. The third kappa shape index (κ3) is 3.53. The van der Waals surface area contributed by atoms with Gasteiger partial charge < -0.3 is 0 Å². The molecular formula is C12H16N2O5S. The average Bonchev–Trinajstić information content (AvgIpc) is 2.26. The molecule has 0 aliphatic heterocycles. The number of nitrogens with zero attached hydrogens (tertiary/aromatic N) is 2. The Morgan fingerprint density at radius 1 is 1.20 bits per heavy atom. The first-order chi connectivity index (χ1) is 8.94. The predicted molar refractivity (Wildman–Crippen MR) is 74.9 cm³/mol. The van der Waals surface area contributed by atoms with E-state index in [1.165, 1.54) is 12.1 Å². The zero-order valence-electron chi connectivity index (χ0n) is 11.7. The first kappa shape index (κ1) is 16.1. The molecule has 1 rings (SSSR count). The molecule has 0 aromatic heterocycles. The van der Waals surface area contributed by atoms with Gasteiger partial charge in [-0.05, 0) is 12.1 Å². The lowest BCUT2D eigenvalue weighted by Gasteiger charge is -2.27. The highest BCUT2D eigenvalue weighted by Crippen LogP contribution is 2.27. The Kier molecular flexibility index (Phi) is 4.18. The summed E-state index contributed by atoms with van der Waals surface area (Å²) in [6.45, 7) is 4.79. The van der Waals surface area contributed by atoms with Crippen molar-refractivity contribution in [2.75, 3.05) is 10.6 Å². The van der Waals surface area contributed by atoms with Crippen LogP contribution in [0.15, 0.2) is 24.3 Å². The highest BCUT2D eigenvalue weighted by atomic mass is 32.2. The number of nitro benzene ring substituents is 1. The number of nitro groups is 1.